The maximum atomic E-state index is 14.0. The Morgan fingerprint density at radius 2 is 1.49 bits per heavy atom. The molecule has 19 atom stereocenters. The Balaban J connectivity index is 0.986. The molecule has 284 valence electrons. The molecule has 1 spiro atoms. The number of ether oxygens (including phenoxy) is 8. The van der Waals surface area contributed by atoms with Gasteiger partial charge in [-0.25, -0.2) is 0 Å². The van der Waals surface area contributed by atoms with E-state index in [0.29, 0.717) is 44.4 Å². The van der Waals surface area contributed by atoms with Crippen molar-refractivity contribution in [1.29, 1.82) is 0 Å². The van der Waals surface area contributed by atoms with Gasteiger partial charge in [0.2, 0.25) is 0 Å². The summed E-state index contributed by atoms with van der Waals surface area (Å²) < 4.78 is 53.9. The Labute approximate surface area is 301 Å². The van der Waals surface area contributed by atoms with Crippen molar-refractivity contribution in [2.24, 2.45) is 17.8 Å². The first kappa shape index (κ1) is 35.5. The summed E-state index contributed by atoms with van der Waals surface area (Å²) in [6.45, 7) is 12.9. The van der Waals surface area contributed by atoms with Gasteiger partial charge < -0.3 is 48.1 Å². The highest BCUT2D eigenvalue weighted by molar-refractivity contribution is 5.79. The van der Waals surface area contributed by atoms with Gasteiger partial charge in [-0.2, -0.15) is 0 Å². The number of rotatable bonds is 3. The van der Waals surface area contributed by atoms with E-state index in [1.807, 2.05) is 0 Å². The van der Waals surface area contributed by atoms with Gasteiger partial charge in [0, 0.05) is 38.5 Å². The summed E-state index contributed by atoms with van der Waals surface area (Å²) in [6.07, 6.45) is 5.65. The molecular weight excluding hydrogens is 656 g/mol. The van der Waals surface area contributed by atoms with E-state index >= 15 is 0 Å². The molecule has 11 heteroatoms. The van der Waals surface area contributed by atoms with Crippen molar-refractivity contribution >= 4 is 5.78 Å². The van der Waals surface area contributed by atoms with Gasteiger partial charge in [0.25, 0.3) is 0 Å². The third-order valence-corrected chi connectivity index (χ3v) is 14.1. The van der Waals surface area contributed by atoms with E-state index in [0.717, 1.165) is 56.1 Å². The zero-order valence-electron chi connectivity index (χ0n) is 30.3. The van der Waals surface area contributed by atoms with Crippen LogP contribution in [0.5, 0.6) is 0 Å². The van der Waals surface area contributed by atoms with Gasteiger partial charge in [-0.1, -0.05) is 27.0 Å². The molecule has 10 heterocycles. The molecule has 0 saturated carbocycles. The molecule has 2 N–H and O–H groups in total. The molecular formula is C40H58O11. The highest BCUT2D eigenvalue weighted by atomic mass is 16.8. The molecule has 0 radical (unpaired) electrons. The van der Waals surface area contributed by atoms with Crippen LogP contribution in [0.25, 0.3) is 0 Å². The minimum atomic E-state index is -0.872. The Bertz CT molecular complexity index is 1360. The van der Waals surface area contributed by atoms with Crippen LogP contribution in [0.4, 0.5) is 0 Å². The lowest BCUT2D eigenvalue weighted by molar-refractivity contribution is -0.292. The summed E-state index contributed by atoms with van der Waals surface area (Å²) in [5.41, 5.74) is 2.22. The van der Waals surface area contributed by atoms with Crippen LogP contribution >= 0.6 is 0 Å². The van der Waals surface area contributed by atoms with E-state index in [1.165, 1.54) is 0 Å². The monoisotopic (exact) mass is 714 g/mol. The first-order valence-corrected chi connectivity index (χ1v) is 20.0. The van der Waals surface area contributed by atoms with Crippen LogP contribution in [-0.4, -0.2) is 120 Å². The third-order valence-electron chi connectivity index (χ3n) is 14.1. The number of carbonyl (C=O) groups is 1. The predicted molar refractivity (Wildman–Crippen MR) is 183 cm³/mol. The lowest BCUT2D eigenvalue weighted by atomic mass is 9.79. The summed E-state index contributed by atoms with van der Waals surface area (Å²) in [5, 5.41) is 20.0. The highest BCUT2D eigenvalue weighted by Crippen LogP contribution is 2.54. The van der Waals surface area contributed by atoms with Crippen LogP contribution in [0.3, 0.4) is 0 Å². The predicted octanol–water partition coefficient (Wildman–Crippen LogP) is 4.09. The standard InChI is InChI=1S/C40H58O11/c1-19-11-25-5-7-29-20(2)12-27(44-29)9-10-40-17-34-36(50-40)37-38(49-34)39(51-40)35-30(48-37)8-6-26(46-35)13-23(42)14-28-22(4)31(15-24(43)18-41)47-33(28)16-32(45-25)21(19)3/h19,22,24-39,41,43H,2-3,5-18H2,1,4H3/t19-,22-,24+,25+,26?,27+,28-,29?,30?,31-,32?,33+,34-,35?,36?,37+,38?,39+,40+/m1/s1. The molecule has 11 nitrogen and oxygen atoms in total. The molecule has 0 aromatic carbocycles. The molecule has 10 aliphatic rings. The normalized spacial score (nSPS) is 53.2. The summed E-state index contributed by atoms with van der Waals surface area (Å²) >= 11 is 0. The van der Waals surface area contributed by atoms with E-state index in [2.05, 4.69) is 27.0 Å². The minimum absolute atomic E-state index is 0.00894. The number of hydrogen-bond acceptors (Lipinski definition) is 11. The number of ketones is 1. The van der Waals surface area contributed by atoms with Crippen molar-refractivity contribution in [1.82, 2.24) is 0 Å². The van der Waals surface area contributed by atoms with E-state index in [-0.39, 0.29) is 110 Å². The summed E-state index contributed by atoms with van der Waals surface area (Å²) in [6, 6.07) is 0. The maximum absolute atomic E-state index is 14.0. The third kappa shape index (κ3) is 6.53. The number of aliphatic hydroxyl groups is 2. The molecule has 10 saturated heterocycles. The van der Waals surface area contributed by atoms with Crippen LogP contribution in [0.2, 0.25) is 0 Å². The van der Waals surface area contributed by atoms with Gasteiger partial charge in [0.1, 0.15) is 36.3 Å². The minimum Gasteiger partial charge on any atom is -0.394 e. The largest absolute Gasteiger partial charge is 0.394 e. The smallest absolute Gasteiger partial charge is 0.172 e. The maximum Gasteiger partial charge on any atom is 0.172 e. The SMILES string of the molecule is C=C1C[C@@H]2CC[C@@]34C[C@H]5OC6[C@@H](OC7CCC(CC(=O)C[C@@H]8[C@@H](C)[C@@H](C[C@H](O)CO)O[C@H]8CC8O[C@@H](CCC1O2)C[C@@H](C)C8=C)OC7[C@@H]6O3)C5O4. The van der Waals surface area contributed by atoms with E-state index in [1.54, 1.807) is 0 Å². The summed E-state index contributed by atoms with van der Waals surface area (Å²) in [4.78, 5) is 14.0. The fourth-order valence-electron chi connectivity index (χ4n) is 11.3. The molecule has 0 aromatic heterocycles. The van der Waals surface area contributed by atoms with Crippen molar-refractivity contribution in [2.75, 3.05) is 6.61 Å². The Morgan fingerprint density at radius 1 is 0.745 bits per heavy atom. The molecule has 12 bridgehead atoms. The Morgan fingerprint density at radius 3 is 2.33 bits per heavy atom. The van der Waals surface area contributed by atoms with E-state index in [4.69, 9.17) is 37.9 Å². The van der Waals surface area contributed by atoms with Crippen molar-refractivity contribution in [3.8, 4) is 0 Å². The molecule has 0 amide bonds. The first-order chi connectivity index (χ1) is 24.6. The summed E-state index contributed by atoms with van der Waals surface area (Å²) in [5.74, 6) is -0.367. The van der Waals surface area contributed by atoms with Crippen LogP contribution < -0.4 is 0 Å². The second-order valence-corrected chi connectivity index (χ2v) is 17.5. The molecule has 0 aliphatic carbocycles. The lowest BCUT2D eigenvalue weighted by Crippen LogP contribution is -2.61. The van der Waals surface area contributed by atoms with Gasteiger partial charge in [-0.05, 0) is 73.8 Å². The quantitative estimate of drug-likeness (QED) is 0.410. The average Bonchev–Trinajstić information content (AvgIpc) is 3.77. The lowest BCUT2D eigenvalue weighted by Gasteiger charge is -2.47. The van der Waals surface area contributed by atoms with Crippen LogP contribution in [0.1, 0.15) is 97.3 Å². The van der Waals surface area contributed by atoms with Gasteiger partial charge in [-0.15, -0.1) is 0 Å². The van der Waals surface area contributed by atoms with Crippen LogP contribution in [0.15, 0.2) is 24.3 Å². The molecule has 7 unspecified atom stereocenters. The number of hydrogen-bond donors (Lipinski definition) is 2. The van der Waals surface area contributed by atoms with Gasteiger partial charge >= 0.3 is 0 Å². The molecule has 10 rings (SSSR count). The van der Waals surface area contributed by atoms with Crippen molar-refractivity contribution < 1.29 is 52.9 Å². The molecule has 51 heavy (non-hydrogen) atoms. The Kier molecular flexibility index (Phi) is 9.59. The van der Waals surface area contributed by atoms with Gasteiger partial charge in [0.15, 0.2) is 5.79 Å². The topological polar surface area (TPSA) is 131 Å². The van der Waals surface area contributed by atoms with E-state index in [9.17, 15) is 15.0 Å². The molecule has 10 fully saturated rings. The van der Waals surface area contributed by atoms with E-state index < -0.39 is 11.9 Å². The fourth-order valence-corrected chi connectivity index (χ4v) is 11.3. The molecule has 10 aliphatic heterocycles. The number of carbonyl (C=O) groups excluding carboxylic acids is 1. The summed E-state index contributed by atoms with van der Waals surface area (Å²) in [7, 11) is 0. The second-order valence-electron chi connectivity index (χ2n) is 17.5. The van der Waals surface area contributed by atoms with Crippen LogP contribution in [0, 0.1) is 17.8 Å². The number of Topliss-reactive ketones (excluding diaryl/α,β-unsaturated/α-hetero) is 1. The Hall–Kier alpha value is -1.25. The van der Waals surface area contributed by atoms with Gasteiger partial charge in [0.05, 0.1) is 67.6 Å². The second kappa shape index (κ2) is 13.8. The zero-order valence-corrected chi connectivity index (χ0v) is 30.3. The van der Waals surface area contributed by atoms with Crippen molar-refractivity contribution in [2.45, 2.75) is 195 Å². The fraction of sp³-hybridized carbons (Fsp3) is 0.875. The zero-order chi connectivity index (χ0) is 35.2. The number of aliphatic hydroxyl groups excluding tert-OH is 2. The molecule has 0 aromatic rings. The van der Waals surface area contributed by atoms with Crippen molar-refractivity contribution in [3.05, 3.63) is 24.3 Å². The first-order valence-electron chi connectivity index (χ1n) is 20.0. The van der Waals surface area contributed by atoms with Crippen LogP contribution in [-0.2, 0) is 42.7 Å². The van der Waals surface area contributed by atoms with Crippen molar-refractivity contribution in [3.63, 3.8) is 0 Å². The van der Waals surface area contributed by atoms with Gasteiger partial charge in [-0.3, -0.25) is 4.79 Å². The average molecular weight is 715 g/mol. The highest BCUT2D eigenvalue weighted by Gasteiger charge is 2.68. The number of fused-ring (bicyclic) bond motifs is 6.